The van der Waals surface area contributed by atoms with Gasteiger partial charge in [-0.3, -0.25) is 5.41 Å². The van der Waals surface area contributed by atoms with Crippen molar-refractivity contribution in [3.63, 3.8) is 0 Å². The normalized spacial score (nSPS) is 27.4. The molecular weight excluding hydrogens is 241 g/mol. The van der Waals surface area contributed by atoms with Gasteiger partial charge in [0.25, 0.3) is 0 Å². The number of halogens is 1. The summed E-state index contributed by atoms with van der Waals surface area (Å²) in [6.07, 6.45) is 1.20. The van der Waals surface area contributed by atoms with Gasteiger partial charge in [0.1, 0.15) is 11.7 Å². The van der Waals surface area contributed by atoms with Crippen molar-refractivity contribution in [2.75, 3.05) is 11.4 Å². The van der Waals surface area contributed by atoms with E-state index in [2.05, 4.69) is 25.7 Å². The molecule has 1 aliphatic heterocycles. The Balaban J connectivity index is 2.42. The standard InChI is InChI=1S/C15H22FN3/c1-9-6-10(2)11(3)19(8-9)14-5-4-12(16)7-13(14)15(17)18/h4-5,7,9-11H,6,8H2,1-3H3,(H3,17,18). The van der Waals surface area contributed by atoms with Crippen LogP contribution in [0.3, 0.4) is 0 Å². The summed E-state index contributed by atoms with van der Waals surface area (Å²) >= 11 is 0. The molecule has 0 spiro atoms. The van der Waals surface area contributed by atoms with E-state index in [-0.39, 0.29) is 11.7 Å². The molecule has 3 N–H and O–H groups in total. The highest BCUT2D eigenvalue weighted by atomic mass is 19.1. The topological polar surface area (TPSA) is 53.1 Å². The van der Waals surface area contributed by atoms with Gasteiger partial charge in [0.05, 0.1) is 0 Å². The minimum atomic E-state index is -0.347. The predicted molar refractivity (Wildman–Crippen MR) is 77.2 cm³/mol. The van der Waals surface area contributed by atoms with E-state index in [0.29, 0.717) is 23.4 Å². The summed E-state index contributed by atoms with van der Waals surface area (Å²) in [5.74, 6) is 0.747. The van der Waals surface area contributed by atoms with E-state index in [4.69, 9.17) is 11.1 Å². The minimum Gasteiger partial charge on any atom is -0.384 e. The summed E-state index contributed by atoms with van der Waals surface area (Å²) in [4.78, 5) is 2.26. The minimum absolute atomic E-state index is 0.0763. The lowest BCUT2D eigenvalue weighted by Gasteiger charge is -2.43. The molecule has 0 aromatic heterocycles. The Morgan fingerprint density at radius 3 is 2.68 bits per heavy atom. The first-order valence-corrected chi connectivity index (χ1v) is 6.80. The van der Waals surface area contributed by atoms with E-state index in [1.807, 2.05) is 0 Å². The van der Waals surface area contributed by atoms with Gasteiger partial charge in [-0.2, -0.15) is 0 Å². The summed E-state index contributed by atoms with van der Waals surface area (Å²) in [5, 5.41) is 7.64. The molecule has 2 rings (SSSR count). The quantitative estimate of drug-likeness (QED) is 0.636. The second kappa shape index (κ2) is 5.19. The van der Waals surface area contributed by atoms with Crippen LogP contribution in [0, 0.1) is 23.1 Å². The van der Waals surface area contributed by atoms with E-state index >= 15 is 0 Å². The SMILES string of the molecule is CC1CC(C)C(C)N(c2ccc(F)cc2C(=N)N)C1. The molecule has 3 atom stereocenters. The number of nitrogens with zero attached hydrogens (tertiary/aromatic N) is 1. The van der Waals surface area contributed by atoms with Crippen LogP contribution < -0.4 is 10.6 Å². The summed E-state index contributed by atoms with van der Waals surface area (Å²) in [6.45, 7) is 7.58. The lowest BCUT2D eigenvalue weighted by atomic mass is 9.85. The Hall–Kier alpha value is -1.58. The average Bonchev–Trinajstić information content (AvgIpc) is 2.34. The molecule has 0 bridgehead atoms. The molecule has 1 fully saturated rings. The summed E-state index contributed by atoms with van der Waals surface area (Å²) in [5.41, 5.74) is 6.96. The smallest absolute Gasteiger partial charge is 0.125 e. The van der Waals surface area contributed by atoms with Crippen LogP contribution in [0.1, 0.15) is 32.8 Å². The number of hydrogen-bond acceptors (Lipinski definition) is 2. The third-order valence-electron chi connectivity index (χ3n) is 4.16. The lowest BCUT2D eigenvalue weighted by molar-refractivity contribution is 0.297. The molecule has 1 heterocycles. The van der Waals surface area contributed by atoms with Gasteiger partial charge in [0.15, 0.2) is 0 Å². The van der Waals surface area contributed by atoms with Gasteiger partial charge in [-0.05, 0) is 43.4 Å². The summed E-state index contributed by atoms with van der Waals surface area (Å²) in [7, 11) is 0. The van der Waals surface area contributed by atoms with Crippen LogP contribution in [0.4, 0.5) is 10.1 Å². The van der Waals surface area contributed by atoms with Crippen molar-refractivity contribution in [1.29, 1.82) is 5.41 Å². The van der Waals surface area contributed by atoms with E-state index in [1.54, 1.807) is 6.07 Å². The van der Waals surface area contributed by atoms with Crippen LogP contribution in [0.15, 0.2) is 18.2 Å². The molecule has 1 aromatic carbocycles. The number of piperidine rings is 1. The molecule has 104 valence electrons. The second-order valence-electron chi connectivity index (χ2n) is 5.79. The first-order valence-electron chi connectivity index (χ1n) is 6.80. The predicted octanol–water partition coefficient (Wildman–Crippen LogP) is 2.98. The number of nitrogens with one attached hydrogen (secondary N) is 1. The fraction of sp³-hybridized carbons (Fsp3) is 0.533. The van der Waals surface area contributed by atoms with E-state index in [1.165, 1.54) is 18.6 Å². The highest BCUT2D eigenvalue weighted by molar-refractivity contribution is 6.00. The van der Waals surface area contributed by atoms with Crippen LogP contribution in [0.25, 0.3) is 0 Å². The summed E-state index contributed by atoms with van der Waals surface area (Å²) in [6, 6.07) is 4.92. The fourth-order valence-corrected chi connectivity index (χ4v) is 3.01. The molecule has 1 saturated heterocycles. The molecule has 0 amide bonds. The van der Waals surface area contributed by atoms with E-state index < -0.39 is 0 Å². The van der Waals surface area contributed by atoms with Gasteiger partial charge >= 0.3 is 0 Å². The zero-order chi connectivity index (χ0) is 14.2. The number of nitrogen functional groups attached to an aromatic ring is 1. The van der Waals surface area contributed by atoms with Crippen LogP contribution >= 0.6 is 0 Å². The highest BCUT2D eigenvalue weighted by Crippen LogP contribution is 2.33. The van der Waals surface area contributed by atoms with E-state index in [9.17, 15) is 4.39 Å². The van der Waals surface area contributed by atoms with Crippen molar-refractivity contribution in [2.24, 2.45) is 17.6 Å². The Bertz CT molecular complexity index is 486. The largest absolute Gasteiger partial charge is 0.384 e. The van der Waals surface area contributed by atoms with Crippen LogP contribution in [-0.4, -0.2) is 18.4 Å². The maximum Gasteiger partial charge on any atom is 0.125 e. The molecule has 4 heteroatoms. The molecule has 3 unspecified atom stereocenters. The van der Waals surface area contributed by atoms with Crippen molar-refractivity contribution in [2.45, 2.75) is 33.2 Å². The van der Waals surface area contributed by atoms with Crippen LogP contribution in [0.2, 0.25) is 0 Å². The fourth-order valence-electron chi connectivity index (χ4n) is 3.01. The van der Waals surface area contributed by atoms with Gasteiger partial charge in [0.2, 0.25) is 0 Å². The van der Waals surface area contributed by atoms with Crippen molar-refractivity contribution < 1.29 is 4.39 Å². The molecule has 1 aliphatic rings. The highest BCUT2D eigenvalue weighted by Gasteiger charge is 2.30. The molecule has 3 nitrogen and oxygen atoms in total. The molecule has 0 saturated carbocycles. The Labute approximate surface area is 114 Å². The Kier molecular flexibility index (Phi) is 3.78. The molecule has 0 radical (unpaired) electrons. The van der Waals surface area contributed by atoms with Gasteiger partial charge in [0, 0.05) is 23.8 Å². The molecule has 19 heavy (non-hydrogen) atoms. The Morgan fingerprint density at radius 2 is 2.05 bits per heavy atom. The third-order valence-corrected chi connectivity index (χ3v) is 4.16. The lowest BCUT2D eigenvalue weighted by Crippen LogP contribution is -2.46. The number of rotatable bonds is 2. The molecular formula is C15H22FN3. The van der Waals surface area contributed by atoms with Gasteiger partial charge in [-0.25, -0.2) is 4.39 Å². The average molecular weight is 263 g/mol. The summed E-state index contributed by atoms with van der Waals surface area (Å²) < 4.78 is 13.4. The first kappa shape index (κ1) is 13.8. The zero-order valence-corrected chi connectivity index (χ0v) is 11.8. The van der Waals surface area contributed by atoms with Gasteiger partial charge in [-0.15, -0.1) is 0 Å². The van der Waals surface area contributed by atoms with Gasteiger partial charge in [-0.1, -0.05) is 13.8 Å². The van der Waals surface area contributed by atoms with Crippen molar-refractivity contribution in [3.05, 3.63) is 29.6 Å². The number of benzene rings is 1. The second-order valence-corrected chi connectivity index (χ2v) is 5.79. The van der Waals surface area contributed by atoms with E-state index in [0.717, 1.165) is 12.2 Å². The number of anilines is 1. The van der Waals surface area contributed by atoms with Crippen molar-refractivity contribution in [1.82, 2.24) is 0 Å². The Morgan fingerprint density at radius 1 is 1.37 bits per heavy atom. The molecule has 0 aliphatic carbocycles. The maximum absolute atomic E-state index is 13.4. The number of amidine groups is 1. The van der Waals surface area contributed by atoms with Gasteiger partial charge < -0.3 is 10.6 Å². The number of nitrogens with two attached hydrogens (primary N) is 1. The zero-order valence-electron chi connectivity index (χ0n) is 11.8. The maximum atomic E-state index is 13.4. The number of hydrogen-bond donors (Lipinski definition) is 2. The first-order chi connectivity index (χ1) is 8.90. The van der Waals surface area contributed by atoms with Crippen LogP contribution in [-0.2, 0) is 0 Å². The molecule has 1 aromatic rings. The third kappa shape index (κ3) is 2.72. The van der Waals surface area contributed by atoms with Crippen LogP contribution in [0.5, 0.6) is 0 Å². The van der Waals surface area contributed by atoms with Crippen molar-refractivity contribution in [3.8, 4) is 0 Å². The monoisotopic (exact) mass is 263 g/mol. The van der Waals surface area contributed by atoms with Crippen molar-refractivity contribution >= 4 is 11.5 Å².